The monoisotopic (exact) mass is 342 g/mol. The highest BCUT2D eigenvalue weighted by Crippen LogP contribution is 2.17. The van der Waals surface area contributed by atoms with E-state index in [4.69, 9.17) is 5.11 Å². The zero-order chi connectivity index (χ0) is 17.5. The molecular formula is C13H15F5N2O3. The summed E-state index contributed by atoms with van der Waals surface area (Å²) in [5.41, 5.74) is -0.422. The standard InChI is InChI=1S/C13H15F5N2O3/c14-9-2-1-3-10(11(9)15)19-12(22)20(4-6-21)5-7-23-8-13(16,17)18/h1-3,21H,4-8H2,(H,19,22). The maximum absolute atomic E-state index is 13.4. The van der Waals surface area contributed by atoms with E-state index in [2.05, 4.69) is 10.1 Å². The number of rotatable bonds is 7. The Hall–Kier alpha value is -1.94. The Morgan fingerprint density at radius 1 is 1.26 bits per heavy atom. The molecule has 0 aliphatic carbocycles. The number of carbonyl (C=O) groups excluding carboxylic acids is 1. The van der Waals surface area contributed by atoms with Crippen LogP contribution in [0, 0.1) is 11.6 Å². The minimum absolute atomic E-state index is 0.210. The van der Waals surface area contributed by atoms with E-state index in [1.54, 1.807) is 0 Å². The normalized spacial score (nSPS) is 11.4. The fourth-order valence-corrected chi connectivity index (χ4v) is 1.59. The topological polar surface area (TPSA) is 61.8 Å². The van der Waals surface area contributed by atoms with Gasteiger partial charge in [0.15, 0.2) is 11.6 Å². The van der Waals surface area contributed by atoms with E-state index in [-0.39, 0.29) is 13.1 Å². The fraction of sp³-hybridized carbons (Fsp3) is 0.462. The van der Waals surface area contributed by atoms with Crippen LogP contribution in [0.3, 0.4) is 0 Å². The highest BCUT2D eigenvalue weighted by molar-refractivity contribution is 5.89. The van der Waals surface area contributed by atoms with E-state index in [1.165, 1.54) is 6.07 Å². The van der Waals surface area contributed by atoms with Crippen molar-refractivity contribution in [3.05, 3.63) is 29.8 Å². The number of ether oxygens (including phenoxy) is 1. The molecule has 0 aromatic heterocycles. The first-order valence-electron chi connectivity index (χ1n) is 6.50. The lowest BCUT2D eigenvalue weighted by molar-refractivity contribution is -0.174. The average Bonchev–Trinajstić information content (AvgIpc) is 2.46. The molecule has 10 heteroatoms. The van der Waals surface area contributed by atoms with Crippen LogP contribution >= 0.6 is 0 Å². The van der Waals surface area contributed by atoms with Crippen LogP contribution in [0.5, 0.6) is 0 Å². The third kappa shape index (κ3) is 6.78. The van der Waals surface area contributed by atoms with Crippen molar-refractivity contribution < 1.29 is 36.6 Å². The first-order valence-corrected chi connectivity index (χ1v) is 6.50. The maximum atomic E-state index is 13.4. The van der Waals surface area contributed by atoms with Gasteiger partial charge in [0.1, 0.15) is 6.61 Å². The third-order valence-electron chi connectivity index (χ3n) is 2.62. The molecule has 0 heterocycles. The maximum Gasteiger partial charge on any atom is 0.411 e. The quantitative estimate of drug-likeness (QED) is 0.591. The number of aliphatic hydroxyl groups is 1. The first kappa shape index (κ1) is 19.1. The van der Waals surface area contributed by atoms with Crippen LogP contribution in [-0.2, 0) is 4.74 Å². The van der Waals surface area contributed by atoms with Crippen LogP contribution in [-0.4, -0.2) is 55.1 Å². The second-order valence-corrected chi connectivity index (χ2v) is 4.41. The molecule has 1 aromatic carbocycles. The van der Waals surface area contributed by atoms with Crippen molar-refractivity contribution in [2.45, 2.75) is 6.18 Å². The van der Waals surface area contributed by atoms with Gasteiger partial charge in [0.2, 0.25) is 0 Å². The van der Waals surface area contributed by atoms with Gasteiger partial charge in [0, 0.05) is 13.1 Å². The summed E-state index contributed by atoms with van der Waals surface area (Å²) in [5.74, 6) is -2.43. The Labute approximate surface area is 128 Å². The molecule has 23 heavy (non-hydrogen) atoms. The van der Waals surface area contributed by atoms with Gasteiger partial charge in [0.25, 0.3) is 0 Å². The number of urea groups is 1. The summed E-state index contributed by atoms with van der Waals surface area (Å²) in [4.78, 5) is 12.8. The number of hydrogen-bond acceptors (Lipinski definition) is 3. The van der Waals surface area contributed by atoms with Gasteiger partial charge in [-0.1, -0.05) is 6.07 Å². The van der Waals surface area contributed by atoms with Crippen LogP contribution in [0.25, 0.3) is 0 Å². The second-order valence-electron chi connectivity index (χ2n) is 4.41. The first-order chi connectivity index (χ1) is 10.7. The molecular weight excluding hydrogens is 327 g/mol. The number of nitrogens with zero attached hydrogens (tertiary/aromatic N) is 1. The van der Waals surface area contributed by atoms with E-state index >= 15 is 0 Å². The van der Waals surface area contributed by atoms with Gasteiger partial charge < -0.3 is 20.1 Å². The number of benzene rings is 1. The number of aliphatic hydroxyl groups excluding tert-OH is 1. The molecule has 0 atom stereocenters. The summed E-state index contributed by atoms with van der Waals surface area (Å²) in [7, 11) is 0. The van der Waals surface area contributed by atoms with Crippen LogP contribution in [0.2, 0.25) is 0 Å². The summed E-state index contributed by atoms with van der Waals surface area (Å²) in [6.07, 6.45) is -4.49. The van der Waals surface area contributed by atoms with Gasteiger partial charge in [-0.3, -0.25) is 0 Å². The molecule has 0 aliphatic rings. The molecule has 0 fully saturated rings. The van der Waals surface area contributed by atoms with E-state index in [0.29, 0.717) is 0 Å². The summed E-state index contributed by atoms with van der Waals surface area (Å²) in [5, 5.41) is 10.9. The molecule has 0 saturated heterocycles. The zero-order valence-corrected chi connectivity index (χ0v) is 11.9. The van der Waals surface area contributed by atoms with E-state index in [0.717, 1.165) is 17.0 Å². The van der Waals surface area contributed by atoms with Crippen molar-refractivity contribution in [1.82, 2.24) is 4.90 Å². The Kier molecular flexibility index (Phi) is 7.17. The fourth-order valence-electron chi connectivity index (χ4n) is 1.59. The van der Waals surface area contributed by atoms with Gasteiger partial charge in [0.05, 0.1) is 18.9 Å². The largest absolute Gasteiger partial charge is 0.411 e. The predicted octanol–water partition coefficient (Wildman–Crippen LogP) is 2.37. The van der Waals surface area contributed by atoms with E-state index in [1.807, 2.05) is 0 Å². The lowest BCUT2D eigenvalue weighted by atomic mass is 10.3. The molecule has 1 rings (SSSR count). The number of nitrogens with one attached hydrogen (secondary N) is 1. The van der Waals surface area contributed by atoms with Gasteiger partial charge >= 0.3 is 12.2 Å². The highest BCUT2D eigenvalue weighted by atomic mass is 19.4. The SMILES string of the molecule is O=C(Nc1cccc(F)c1F)N(CCO)CCOCC(F)(F)F. The molecule has 0 aliphatic heterocycles. The van der Waals surface area contributed by atoms with Crippen LogP contribution in [0.1, 0.15) is 0 Å². The molecule has 0 bridgehead atoms. The molecule has 0 unspecified atom stereocenters. The number of hydrogen-bond donors (Lipinski definition) is 2. The van der Waals surface area contributed by atoms with Crippen LogP contribution in [0.15, 0.2) is 18.2 Å². The van der Waals surface area contributed by atoms with Crippen molar-refractivity contribution in [2.75, 3.05) is 38.2 Å². The van der Waals surface area contributed by atoms with Gasteiger partial charge in [-0.2, -0.15) is 13.2 Å². The Morgan fingerprint density at radius 2 is 1.96 bits per heavy atom. The van der Waals surface area contributed by atoms with Crippen molar-refractivity contribution in [3.63, 3.8) is 0 Å². The third-order valence-corrected chi connectivity index (χ3v) is 2.62. The van der Waals surface area contributed by atoms with E-state index < -0.39 is 49.3 Å². The smallest absolute Gasteiger partial charge is 0.395 e. The minimum Gasteiger partial charge on any atom is -0.395 e. The number of carbonyl (C=O) groups is 1. The number of amides is 2. The molecule has 0 spiro atoms. The average molecular weight is 342 g/mol. The van der Waals surface area contributed by atoms with Crippen molar-refractivity contribution >= 4 is 11.7 Å². The van der Waals surface area contributed by atoms with Gasteiger partial charge in [-0.25, -0.2) is 13.6 Å². The van der Waals surface area contributed by atoms with Gasteiger partial charge in [-0.05, 0) is 12.1 Å². The molecule has 0 radical (unpaired) electrons. The predicted molar refractivity (Wildman–Crippen MR) is 70.9 cm³/mol. The molecule has 130 valence electrons. The summed E-state index contributed by atoms with van der Waals surface area (Å²) < 4.78 is 66.6. The number of halogens is 5. The Bertz CT molecular complexity index is 525. The van der Waals surface area contributed by atoms with Crippen molar-refractivity contribution in [2.24, 2.45) is 0 Å². The zero-order valence-electron chi connectivity index (χ0n) is 11.9. The summed E-state index contributed by atoms with van der Waals surface area (Å²) >= 11 is 0. The lowest BCUT2D eigenvalue weighted by Gasteiger charge is -2.22. The lowest BCUT2D eigenvalue weighted by Crippen LogP contribution is -2.39. The molecule has 2 amide bonds. The molecule has 0 saturated carbocycles. The molecule has 1 aromatic rings. The van der Waals surface area contributed by atoms with Crippen molar-refractivity contribution in [3.8, 4) is 0 Å². The Balaban J connectivity index is 2.58. The number of anilines is 1. The van der Waals surface area contributed by atoms with E-state index in [9.17, 15) is 26.7 Å². The highest BCUT2D eigenvalue weighted by Gasteiger charge is 2.27. The van der Waals surface area contributed by atoms with Gasteiger partial charge in [-0.15, -0.1) is 0 Å². The minimum atomic E-state index is -4.49. The summed E-state index contributed by atoms with van der Waals surface area (Å²) in [6.45, 7) is -2.84. The van der Waals surface area contributed by atoms with Crippen LogP contribution < -0.4 is 5.32 Å². The summed E-state index contributed by atoms with van der Waals surface area (Å²) in [6, 6.07) is 2.26. The Morgan fingerprint density at radius 3 is 2.57 bits per heavy atom. The second kappa shape index (κ2) is 8.63. The molecule has 2 N–H and O–H groups in total. The molecule has 5 nitrogen and oxygen atoms in total. The van der Waals surface area contributed by atoms with Crippen LogP contribution in [0.4, 0.5) is 32.4 Å². The number of alkyl halides is 3. The van der Waals surface area contributed by atoms with Crippen molar-refractivity contribution in [1.29, 1.82) is 0 Å².